The van der Waals surface area contributed by atoms with Crippen molar-refractivity contribution < 1.29 is 9.59 Å². The zero-order valence-electron chi connectivity index (χ0n) is 19.1. The Morgan fingerprint density at radius 2 is 1.85 bits per heavy atom. The van der Waals surface area contributed by atoms with Gasteiger partial charge in [-0.3, -0.25) is 14.9 Å². The topological polar surface area (TPSA) is 84.0 Å². The minimum atomic E-state index is -0.680. The highest BCUT2D eigenvalue weighted by molar-refractivity contribution is 9.10. The molecule has 0 spiro atoms. The number of carbonyl (C=O) groups is 2. The summed E-state index contributed by atoms with van der Waals surface area (Å²) in [6.45, 7) is 6.10. The van der Waals surface area contributed by atoms with Crippen molar-refractivity contribution in [3.05, 3.63) is 64.1 Å². The predicted octanol–water partition coefficient (Wildman–Crippen LogP) is 6.09. The van der Waals surface area contributed by atoms with Crippen LogP contribution in [0.25, 0.3) is 10.6 Å². The van der Waals surface area contributed by atoms with E-state index in [0.29, 0.717) is 15.7 Å². The van der Waals surface area contributed by atoms with Gasteiger partial charge in [-0.25, -0.2) is 0 Å². The standard InChI is InChI=1S/C25H29BrN4O2S/c1-4-6-8-17-11-13-18(14-12-17)22(31)27-21(16(3)5-2)23(32)28-25-30-29-24(33-25)19-9-7-10-20(26)15-19/h7,9-16,21H,4-6,8H2,1-3H3,(H,27,31)(H,28,30,32)/t16-,21+/m1/s1. The summed E-state index contributed by atoms with van der Waals surface area (Å²) in [5, 5.41) is 15.1. The largest absolute Gasteiger partial charge is 0.340 e. The highest BCUT2D eigenvalue weighted by Crippen LogP contribution is 2.28. The van der Waals surface area contributed by atoms with Crippen LogP contribution in [0, 0.1) is 5.92 Å². The van der Waals surface area contributed by atoms with E-state index in [1.807, 2.05) is 62.4 Å². The number of rotatable bonds is 10. The number of aryl methyl sites for hydroxylation is 1. The number of aromatic nitrogens is 2. The summed E-state index contributed by atoms with van der Waals surface area (Å²) in [5.41, 5.74) is 2.67. The molecule has 174 valence electrons. The first-order chi connectivity index (χ1) is 15.9. The number of nitrogens with one attached hydrogen (secondary N) is 2. The maximum atomic E-state index is 13.1. The summed E-state index contributed by atoms with van der Waals surface area (Å²) >= 11 is 4.75. The van der Waals surface area contributed by atoms with Gasteiger partial charge in [-0.2, -0.15) is 0 Å². The molecule has 0 unspecified atom stereocenters. The van der Waals surface area contributed by atoms with Gasteiger partial charge in [-0.05, 0) is 48.6 Å². The highest BCUT2D eigenvalue weighted by Gasteiger charge is 2.27. The maximum Gasteiger partial charge on any atom is 0.251 e. The predicted molar refractivity (Wildman–Crippen MR) is 137 cm³/mol. The van der Waals surface area contributed by atoms with Crippen LogP contribution in [0.3, 0.4) is 0 Å². The van der Waals surface area contributed by atoms with Crippen LogP contribution >= 0.6 is 27.3 Å². The van der Waals surface area contributed by atoms with Crippen LogP contribution in [-0.2, 0) is 11.2 Å². The monoisotopic (exact) mass is 528 g/mol. The molecule has 0 aliphatic rings. The molecule has 2 atom stereocenters. The van der Waals surface area contributed by atoms with Crippen LogP contribution in [0.2, 0.25) is 0 Å². The third-order valence-corrected chi connectivity index (χ3v) is 6.92. The molecule has 2 amide bonds. The number of benzene rings is 2. The molecule has 33 heavy (non-hydrogen) atoms. The van der Waals surface area contributed by atoms with Gasteiger partial charge in [0.15, 0.2) is 0 Å². The smallest absolute Gasteiger partial charge is 0.251 e. The average Bonchev–Trinajstić information content (AvgIpc) is 3.29. The SMILES string of the molecule is CCCCc1ccc(C(=O)N[C@H](C(=O)Nc2nnc(-c3cccc(Br)c3)s2)[C@H](C)CC)cc1. The maximum absolute atomic E-state index is 13.1. The van der Waals surface area contributed by atoms with Gasteiger partial charge < -0.3 is 5.32 Å². The Labute approximate surface area is 207 Å². The summed E-state index contributed by atoms with van der Waals surface area (Å²) < 4.78 is 0.943. The molecule has 0 saturated carbocycles. The quantitative estimate of drug-likeness (QED) is 0.333. The number of anilines is 1. The highest BCUT2D eigenvalue weighted by atomic mass is 79.9. The van der Waals surface area contributed by atoms with Crippen LogP contribution < -0.4 is 10.6 Å². The van der Waals surface area contributed by atoms with Gasteiger partial charge in [0.1, 0.15) is 11.0 Å². The van der Waals surface area contributed by atoms with Gasteiger partial charge in [0.05, 0.1) is 0 Å². The average molecular weight is 530 g/mol. The zero-order chi connectivity index (χ0) is 23.8. The Morgan fingerprint density at radius 1 is 1.09 bits per heavy atom. The number of unbranched alkanes of at least 4 members (excludes halogenated alkanes) is 1. The molecule has 0 aliphatic heterocycles. The zero-order valence-corrected chi connectivity index (χ0v) is 21.5. The fourth-order valence-electron chi connectivity index (χ4n) is 3.33. The molecule has 3 rings (SSSR count). The summed E-state index contributed by atoms with van der Waals surface area (Å²) in [6, 6.07) is 14.7. The van der Waals surface area contributed by atoms with Crippen molar-refractivity contribution in [1.82, 2.24) is 15.5 Å². The van der Waals surface area contributed by atoms with E-state index in [1.54, 1.807) is 0 Å². The first-order valence-corrected chi connectivity index (χ1v) is 12.8. The third kappa shape index (κ3) is 6.95. The molecule has 0 aliphatic carbocycles. The summed E-state index contributed by atoms with van der Waals surface area (Å²) in [7, 11) is 0. The first kappa shape index (κ1) is 25.1. The second-order valence-electron chi connectivity index (χ2n) is 8.05. The Morgan fingerprint density at radius 3 is 2.52 bits per heavy atom. The summed E-state index contributed by atoms with van der Waals surface area (Å²) in [4.78, 5) is 25.9. The second kappa shape index (κ2) is 12.0. The van der Waals surface area contributed by atoms with Gasteiger partial charge in [0.25, 0.3) is 5.91 Å². The molecule has 0 fully saturated rings. The lowest BCUT2D eigenvalue weighted by Crippen LogP contribution is -2.47. The minimum absolute atomic E-state index is 0.0461. The summed E-state index contributed by atoms with van der Waals surface area (Å²) in [6.07, 6.45) is 4.00. The van der Waals surface area contributed by atoms with Crippen LogP contribution in [0.5, 0.6) is 0 Å². The molecule has 0 radical (unpaired) electrons. The molecule has 2 aromatic carbocycles. The lowest BCUT2D eigenvalue weighted by molar-refractivity contribution is -0.119. The number of nitrogens with zero attached hydrogens (tertiary/aromatic N) is 2. The van der Waals surface area contributed by atoms with Crippen molar-refractivity contribution in [2.45, 2.75) is 52.5 Å². The van der Waals surface area contributed by atoms with Crippen molar-refractivity contribution in [3.8, 4) is 10.6 Å². The molecule has 1 aromatic heterocycles. The molecule has 8 heteroatoms. The fraction of sp³-hybridized carbons (Fsp3) is 0.360. The number of amides is 2. The number of halogens is 1. The van der Waals surface area contributed by atoms with E-state index >= 15 is 0 Å². The van der Waals surface area contributed by atoms with E-state index in [9.17, 15) is 9.59 Å². The Kier molecular flexibility index (Phi) is 9.14. The van der Waals surface area contributed by atoms with E-state index < -0.39 is 6.04 Å². The fourth-order valence-corrected chi connectivity index (χ4v) is 4.47. The van der Waals surface area contributed by atoms with E-state index in [-0.39, 0.29) is 17.7 Å². The van der Waals surface area contributed by atoms with Gasteiger partial charge in [0.2, 0.25) is 11.0 Å². The van der Waals surface area contributed by atoms with E-state index in [1.165, 1.54) is 16.9 Å². The van der Waals surface area contributed by atoms with Crippen molar-refractivity contribution in [3.63, 3.8) is 0 Å². The molecular formula is C25H29BrN4O2S. The number of hydrogen-bond donors (Lipinski definition) is 2. The van der Waals surface area contributed by atoms with Gasteiger partial charge >= 0.3 is 0 Å². The first-order valence-electron chi connectivity index (χ1n) is 11.2. The number of carbonyl (C=O) groups excluding carboxylic acids is 2. The molecule has 3 aromatic rings. The van der Waals surface area contributed by atoms with Crippen molar-refractivity contribution >= 4 is 44.2 Å². The normalized spacial score (nSPS) is 12.7. The molecule has 1 heterocycles. The second-order valence-corrected chi connectivity index (χ2v) is 9.94. The van der Waals surface area contributed by atoms with E-state index in [4.69, 9.17) is 0 Å². The van der Waals surface area contributed by atoms with Crippen LogP contribution in [0.1, 0.15) is 56.0 Å². The van der Waals surface area contributed by atoms with Crippen LogP contribution in [-0.4, -0.2) is 28.1 Å². The molecule has 0 saturated heterocycles. The van der Waals surface area contributed by atoms with Crippen LogP contribution in [0.15, 0.2) is 53.0 Å². The third-order valence-electron chi connectivity index (χ3n) is 5.54. The molecule has 0 bridgehead atoms. The number of hydrogen-bond acceptors (Lipinski definition) is 5. The summed E-state index contributed by atoms with van der Waals surface area (Å²) in [5.74, 6) is -0.603. The molecule has 2 N–H and O–H groups in total. The van der Waals surface area contributed by atoms with E-state index in [0.717, 1.165) is 35.7 Å². The van der Waals surface area contributed by atoms with Crippen molar-refractivity contribution in [2.24, 2.45) is 5.92 Å². The lowest BCUT2D eigenvalue weighted by Gasteiger charge is -2.23. The van der Waals surface area contributed by atoms with Crippen molar-refractivity contribution in [1.29, 1.82) is 0 Å². The van der Waals surface area contributed by atoms with Crippen LogP contribution in [0.4, 0.5) is 5.13 Å². The molecule has 6 nitrogen and oxygen atoms in total. The minimum Gasteiger partial charge on any atom is -0.340 e. The Hall–Kier alpha value is -2.58. The van der Waals surface area contributed by atoms with Gasteiger partial charge in [-0.15, -0.1) is 10.2 Å². The molecular weight excluding hydrogens is 500 g/mol. The lowest BCUT2D eigenvalue weighted by atomic mass is 9.97. The van der Waals surface area contributed by atoms with Gasteiger partial charge in [0, 0.05) is 15.6 Å². The Balaban J connectivity index is 1.68. The Bertz CT molecular complexity index is 1080. The van der Waals surface area contributed by atoms with E-state index in [2.05, 4.69) is 43.7 Å². The van der Waals surface area contributed by atoms with Crippen molar-refractivity contribution in [2.75, 3.05) is 5.32 Å². The van der Waals surface area contributed by atoms with Gasteiger partial charge in [-0.1, -0.05) is 85.1 Å².